The molecule has 3 N–H and O–H groups in total. The number of fused-ring (bicyclic) bond motifs is 1. The molecule has 2 aromatic heterocycles. The van der Waals surface area contributed by atoms with Crippen molar-refractivity contribution in [1.82, 2.24) is 30.0 Å². The zero-order valence-corrected chi connectivity index (χ0v) is 19.0. The van der Waals surface area contributed by atoms with E-state index in [2.05, 4.69) is 30.8 Å². The Hall–Kier alpha value is -4.33. The van der Waals surface area contributed by atoms with Crippen molar-refractivity contribution in [3.05, 3.63) is 81.8 Å². The lowest BCUT2D eigenvalue weighted by molar-refractivity contribution is -0.137. The van der Waals surface area contributed by atoms with Crippen LogP contribution in [-0.4, -0.2) is 36.5 Å². The summed E-state index contributed by atoms with van der Waals surface area (Å²) in [5, 5.41) is 11.4. The number of hydrogen-bond acceptors (Lipinski definition) is 5. The van der Waals surface area contributed by atoms with Crippen LogP contribution in [0.5, 0.6) is 0 Å². The quantitative estimate of drug-likeness (QED) is 0.339. The van der Waals surface area contributed by atoms with E-state index in [0.29, 0.717) is 12.1 Å². The molecule has 0 fully saturated rings. The van der Waals surface area contributed by atoms with Crippen molar-refractivity contribution < 1.29 is 31.5 Å². The fourth-order valence-electron chi connectivity index (χ4n) is 3.95. The number of nitrogens with one attached hydrogen (secondary N) is 3. The van der Waals surface area contributed by atoms with Crippen LogP contribution in [0.15, 0.2) is 42.7 Å². The van der Waals surface area contributed by atoms with E-state index in [-0.39, 0.29) is 46.4 Å². The summed E-state index contributed by atoms with van der Waals surface area (Å²) in [6.07, 6.45) is -3.72. The molecule has 4 aromatic rings. The Kier molecular flexibility index (Phi) is 5.90. The molecule has 2 amide bonds. The number of aromatic amines is 1. The number of imidazole rings is 1. The van der Waals surface area contributed by atoms with Gasteiger partial charge in [0.15, 0.2) is 17.5 Å². The fraction of sp³-hybridized carbons (Fsp3) is 0.136. The van der Waals surface area contributed by atoms with Crippen LogP contribution in [0.4, 0.5) is 27.8 Å². The third-order valence-electron chi connectivity index (χ3n) is 5.50. The average molecular weight is 538 g/mol. The van der Waals surface area contributed by atoms with Crippen LogP contribution in [0.3, 0.4) is 0 Å². The van der Waals surface area contributed by atoms with E-state index in [1.54, 1.807) is 0 Å². The number of amides is 2. The van der Waals surface area contributed by atoms with E-state index in [1.165, 1.54) is 17.0 Å². The standard InChI is InChI=1S/C22H13ClF5N7O2/c23-14-2-1-11(24)6-13(14)16-17-18(32-20(19-29-8-30-34-19)35(17)7-15(36)31-16)33-21(37)9-3-10(22(26,27)28)5-12(25)4-9/h1-6,8,16H,7H2,(H,31,36)(H,33,37)(H,29,30,34). The first-order valence-electron chi connectivity index (χ1n) is 10.4. The van der Waals surface area contributed by atoms with Crippen molar-refractivity contribution in [3.8, 4) is 11.6 Å². The topological polar surface area (TPSA) is 118 Å². The summed E-state index contributed by atoms with van der Waals surface area (Å²) in [7, 11) is 0. The van der Waals surface area contributed by atoms with Crippen LogP contribution in [0.2, 0.25) is 5.02 Å². The van der Waals surface area contributed by atoms with Gasteiger partial charge in [0.05, 0.1) is 17.3 Å². The second kappa shape index (κ2) is 8.96. The first kappa shape index (κ1) is 24.4. The summed E-state index contributed by atoms with van der Waals surface area (Å²) in [4.78, 5) is 33.8. The molecule has 15 heteroatoms. The molecule has 0 saturated heterocycles. The number of rotatable bonds is 4. The summed E-state index contributed by atoms with van der Waals surface area (Å²) < 4.78 is 68.8. The molecule has 1 aliphatic heterocycles. The van der Waals surface area contributed by atoms with Gasteiger partial charge in [-0.05, 0) is 36.4 Å². The highest BCUT2D eigenvalue weighted by atomic mass is 35.5. The second-order valence-corrected chi connectivity index (χ2v) is 8.34. The fourth-order valence-corrected chi connectivity index (χ4v) is 4.17. The van der Waals surface area contributed by atoms with Crippen LogP contribution in [0.1, 0.15) is 33.2 Å². The van der Waals surface area contributed by atoms with E-state index in [0.717, 1.165) is 12.1 Å². The zero-order valence-electron chi connectivity index (χ0n) is 18.2. The average Bonchev–Trinajstić information content (AvgIpc) is 3.47. The number of H-pyrrole nitrogens is 1. The summed E-state index contributed by atoms with van der Waals surface area (Å²) in [5.41, 5.74) is -1.74. The van der Waals surface area contributed by atoms with Crippen molar-refractivity contribution >= 4 is 29.2 Å². The Balaban J connectivity index is 1.64. The number of halogens is 6. The molecular formula is C22H13ClF5N7O2. The minimum absolute atomic E-state index is 0.0467. The highest BCUT2D eigenvalue weighted by Crippen LogP contribution is 2.38. The minimum atomic E-state index is -4.90. The SMILES string of the molecule is O=C1Cn2c(-c3ncn[nH]3)nc(NC(=O)c3cc(F)cc(C(F)(F)F)c3)c2C(c2cc(F)ccc2Cl)N1. The number of aromatic nitrogens is 5. The molecule has 9 nitrogen and oxygen atoms in total. The Labute approximate surface area is 208 Å². The molecule has 190 valence electrons. The van der Waals surface area contributed by atoms with E-state index < -0.39 is 46.8 Å². The van der Waals surface area contributed by atoms with Gasteiger partial charge in [-0.15, -0.1) is 0 Å². The van der Waals surface area contributed by atoms with Gasteiger partial charge in [0.2, 0.25) is 5.91 Å². The molecule has 2 aromatic carbocycles. The Morgan fingerprint density at radius 1 is 1.14 bits per heavy atom. The Morgan fingerprint density at radius 2 is 1.92 bits per heavy atom. The number of hydrogen-bond donors (Lipinski definition) is 3. The largest absolute Gasteiger partial charge is 0.416 e. The van der Waals surface area contributed by atoms with E-state index in [4.69, 9.17) is 11.6 Å². The Morgan fingerprint density at radius 3 is 2.62 bits per heavy atom. The molecule has 1 unspecified atom stereocenters. The summed E-state index contributed by atoms with van der Waals surface area (Å²) >= 11 is 6.27. The van der Waals surface area contributed by atoms with Crippen molar-refractivity contribution in [2.24, 2.45) is 0 Å². The van der Waals surface area contributed by atoms with Crippen LogP contribution >= 0.6 is 11.6 Å². The number of alkyl halides is 3. The molecule has 3 heterocycles. The molecule has 37 heavy (non-hydrogen) atoms. The van der Waals surface area contributed by atoms with Crippen molar-refractivity contribution in [2.75, 3.05) is 5.32 Å². The van der Waals surface area contributed by atoms with Crippen molar-refractivity contribution in [1.29, 1.82) is 0 Å². The number of anilines is 1. The molecule has 5 rings (SSSR count). The third-order valence-corrected chi connectivity index (χ3v) is 5.85. The van der Waals surface area contributed by atoms with E-state index in [9.17, 15) is 31.5 Å². The van der Waals surface area contributed by atoms with Gasteiger partial charge in [0, 0.05) is 16.1 Å². The molecule has 0 radical (unpaired) electrons. The van der Waals surface area contributed by atoms with Gasteiger partial charge < -0.3 is 15.2 Å². The van der Waals surface area contributed by atoms with E-state index in [1.807, 2.05) is 0 Å². The maximum Gasteiger partial charge on any atom is 0.416 e. The first-order valence-corrected chi connectivity index (χ1v) is 10.8. The number of carbonyl (C=O) groups excluding carboxylic acids is 2. The van der Waals surface area contributed by atoms with Gasteiger partial charge in [0.1, 0.15) is 24.5 Å². The summed E-state index contributed by atoms with van der Waals surface area (Å²) in [5.74, 6) is -3.61. The highest BCUT2D eigenvalue weighted by Gasteiger charge is 2.36. The third kappa shape index (κ3) is 4.62. The number of benzene rings is 2. The van der Waals surface area contributed by atoms with Crippen LogP contribution in [-0.2, 0) is 17.5 Å². The predicted molar refractivity (Wildman–Crippen MR) is 118 cm³/mol. The molecule has 0 bridgehead atoms. The summed E-state index contributed by atoms with van der Waals surface area (Å²) in [6, 6.07) is 3.72. The Bertz CT molecular complexity index is 1540. The second-order valence-electron chi connectivity index (χ2n) is 7.94. The van der Waals surface area contributed by atoms with Gasteiger partial charge in [-0.1, -0.05) is 11.6 Å². The number of carbonyl (C=O) groups is 2. The van der Waals surface area contributed by atoms with Crippen molar-refractivity contribution in [3.63, 3.8) is 0 Å². The van der Waals surface area contributed by atoms with Crippen molar-refractivity contribution in [2.45, 2.75) is 18.8 Å². The van der Waals surface area contributed by atoms with Gasteiger partial charge in [0.25, 0.3) is 5.91 Å². The zero-order chi connectivity index (χ0) is 26.5. The predicted octanol–water partition coefficient (Wildman–Crippen LogP) is 4.09. The molecule has 0 saturated carbocycles. The van der Waals surface area contributed by atoms with Gasteiger partial charge in [-0.3, -0.25) is 14.7 Å². The van der Waals surface area contributed by atoms with Crippen LogP contribution in [0, 0.1) is 11.6 Å². The van der Waals surface area contributed by atoms with Crippen LogP contribution in [0.25, 0.3) is 11.6 Å². The monoisotopic (exact) mass is 537 g/mol. The van der Waals surface area contributed by atoms with Gasteiger partial charge in [-0.2, -0.15) is 18.3 Å². The van der Waals surface area contributed by atoms with E-state index >= 15 is 0 Å². The highest BCUT2D eigenvalue weighted by molar-refractivity contribution is 6.31. The van der Waals surface area contributed by atoms with Gasteiger partial charge >= 0.3 is 6.18 Å². The maximum absolute atomic E-state index is 14.1. The smallest absolute Gasteiger partial charge is 0.342 e. The molecule has 0 aliphatic carbocycles. The lowest BCUT2D eigenvalue weighted by Gasteiger charge is -2.28. The molecule has 0 spiro atoms. The lowest BCUT2D eigenvalue weighted by Crippen LogP contribution is -2.39. The van der Waals surface area contributed by atoms with Gasteiger partial charge in [-0.25, -0.2) is 18.7 Å². The first-order chi connectivity index (χ1) is 17.5. The molecule has 1 aliphatic rings. The minimum Gasteiger partial charge on any atom is -0.342 e. The van der Waals surface area contributed by atoms with Crippen LogP contribution < -0.4 is 10.6 Å². The normalized spacial score (nSPS) is 15.3. The lowest BCUT2D eigenvalue weighted by atomic mass is 10.0. The molecule has 1 atom stereocenters. The molecular weight excluding hydrogens is 525 g/mol. The maximum atomic E-state index is 14.1. The number of nitrogens with zero attached hydrogens (tertiary/aromatic N) is 4. The summed E-state index contributed by atoms with van der Waals surface area (Å²) in [6.45, 7) is -0.296.